The predicted octanol–water partition coefficient (Wildman–Crippen LogP) is 5.75. The van der Waals surface area contributed by atoms with Gasteiger partial charge in [-0.3, -0.25) is 13.9 Å². The average Bonchev–Trinajstić information content (AvgIpc) is 2.85. The van der Waals surface area contributed by atoms with E-state index in [-0.39, 0.29) is 23.4 Å². The Kier molecular flexibility index (Phi) is 10.0. The van der Waals surface area contributed by atoms with Gasteiger partial charge in [-0.15, -0.1) is 0 Å². The third-order valence-corrected chi connectivity index (χ3v) is 8.40. The Hall–Kier alpha value is -3.07. The summed E-state index contributed by atoms with van der Waals surface area (Å²) >= 11 is 12.3. The zero-order valence-electron chi connectivity index (χ0n) is 22.6. The van der Waals surface area contributed by atoms with Crippen LogP contribution in [0, 0.1) is 13.8 Å². The van der Waals surface area contributed by atoms with Crippen molar-refractivity contribution in [3.8, 4) is 0 Å². The van der Waals surface area contributed by atoms with Crippen molar-refractivity contribution in [2.45, 2.75) is 58.1 Å². The van der Waals surface area contributed by atoms with Gasteiger partial charge >= 0.3 is 0 Å². The third-order valence-electron chi connectivity index (χ3n) is 6.16. The molecule has 0 spiro atoms. The standard InChI is InChI=1S/C29H33Cl2N3O4S/c1-19(2)32-29(36)22(5)33(17-23-7-6-8-24(30)16-23)28(35)18-34(27-14-11-25(31)15-21(27)4)39(37,38)26-12-9-20(3)10-13-26/h6-16,19,22H,17-18H2,1-5H3,(H,32,36)/t22-/m0/s1. The lowest BCUT2D eigenvalue weighted by Crippen LogP contribution is -2.52. The maximum absolute atomic E-state index is 13.9. The van der Waals surface area contributed by atoms with Crippen LogP contribution in [-0.2, 0) is 26.2 Å². The zero-order chi connectivity index (χ0) is 28.9. The molecule has 7 nitrogen and oxygen atoms in total. The van der Waals surface area contributed by atoms with E-state index in [0.29, 0.717) is 26.9 Å². The fourth-order valence-corrected chi connectivity index (χ4v) is 5.99. The highest BCUT2D eigenvalue weighted by molar-refractivity contribution is 7.92. The third kappa shape index (κ3) is 7.75. The van der Waals surface area contributed by atoms with E-state index in [4.69, 9.17) is 23.2 Å². The van der Waals surface area contributed by atoms with Crippen LogP contribution in [0.4, 0.5) is 5.69 Å². The summed E-state index contributed by atoms with van der Waals surface area (Å²) < 4.78 is 28.9. The van der Waals surface area contributed by atoms with Gasteiger partial charge < -0.3 is 10.2 Å². The molecule has 0 fully saturated rings. The highest BCUT2D eigenvalue weighted by atomic mass is 35.5. The number of hydrogen-bond donors (Lipinski definition) is 1. The number of anilines is 1. The van der Waals surface area contributed by atoms with Crippen LogP contribution in [0.5, 0.6) is 0 Å². The molecule has 0 aromatic heterocycles. The first kappa shape index (κ1) is 30.5. The SMILES string of the molecule is Cc1ccc(S(=O)(=O)N(CC(=O)N(Cc2cccc(Cl)c2)[C@@H](C)C(=O)NC(C)C)c2ccc(Cl)cc2C)cc1. The summed E-state index contributed by atoms with van der Waals surface area (Å²) in [4.78, 5) is 28.3. The summed E-state index contributed by atoms with van der Waals surface area (Å²) in [7, 11) is -4.16. The van der Waals surface area contributed by atoms with E-state index in [2.05, 4.69) is 5.32 Å². The normalized spacial score (nSPS) is 12.2. The van der Waals surface area contributed by atoms with Crippen LogP contribution in [0.15, 0.2) is 71.6 Å². The van der Waals surface area contributed by atoms with Crippen molar-refractivity contribution in [2.24, 2.45) is 0 Å². The number of amides is 2. The van der Waals surface area contributed by atoms with E-state index in [1.165, 1.54) is 17.0 Å². The van der Waals surface area contributed by atoms with Crippen LogP contribution >= 0.6 is 23.2 Å². The van der Waals surface area contributed by atoms with Crippen LogP contribution in [0.3, 0.4) is 0 Å². The molecule has 1 N–H and O–H groups in total. The summed E-state index contributed by atoms with van der Waals surface area (Å²) in [5, 5.41) is 3.76. The Labute approximate surface area is 240 Å². The molecule has 3 aromatic carbocycles. The summed E-state index contributed by atoms with van der Waals surface area (Å²) in [6.45, 7) is 8.39. The molecule has 0 bridgehead atoms. The van der Waals surface area contributed by atoms with E-state index >= 15 is 0 Å². The van der Waals surface area contributed by atoms with Gasteiger partial charge in [-0.05, 0) is 88.2 Å². The van der Waals surface area contributed by atoms with Crippen molar-refractivity contribution in [1.29, 1.82) is 0 Å². The lowest BCUT2D eigenvalue weighted by molar-refractivity contribution is -0.139. The lowest BCUT2D eigenvalue weighted by atomic mass is 10.1. The monoisotopic (exact) mass is 589 g/mol. The fourth-order valence-electron chi connectivity index (χ4n) is 4.07. The topological polar surface area (TPSA) is 86.8 Å². The molecule has 0 aliphatic rings. The largest absolute Gasteiger partial charge is 0.352 e. The second kappa shape index (κ2) is 12.9. The van der Waals surface area contributed by atoms with Crippen LogP contribution in [0.25, 0.3) is 0 Å². The smallest absolute Gasteiger partial charge is 0.264 e. The molecule has 0 heterocycles. The van der Waals surface area contributed by atoms with Gasteiger partial charge in [0, 0.05) is 22.6 Å². The summed E-state index contributed by atoms with van der Waals surface area (Å²) in [5.41, 5.74) is 2.50. The highest BCUT2D eigenvalue weighted by Crippen LogP contribution is 2.29. The number of benzene rings is 3. The number of aryl methyl sites for hydroxylation is 2. The van der Waals surface area contributed by atoms with Gasteiger partial charge in [-0.1, -0.05) is 53.0 Å². The van der Waals surface area contributed by atoms with Gasteiger partial charge in [0.05, 0.1) is 10.6 Å². The predicted molar refractivity (Wildman–Crippen MR) is 157 cm³/mol. The number of hydrogen-bond acceptors (Lipinski definition) is 4. The van der Waals surface area contributed by atoms with E-state index < -0.39 is 28.5 Å². The second-order valence-corrected chi connectivity index (χ2v) is 12.5. The number of nitrogens with zero attached hydrogens (tertiary/aromatic N) is 2. The van der Waals surface area contributed by atoms with Crippen molar-refractivity contribution < 1.29 is 18.0 Å². The maximum atomic E-state index is 13.9. The molecule has 1 atom stereocenters. The first-order chi connectivity index (χ1) is 18.3. The number of sulfonamides is 1. The van der Waals surface area contributed by atoms with Crippen LogP contribution in [-0.4, -0.2) is 43.8 Å². The van der Waals surface area contributed by atoms with Gasteiger partial charge in [0.2, 0.25) is 11.8 Å². The van der Waals surface area contributed by atoms with Crippen molar-refractivity contribution in [1.82, 2.24) is 10.2 Å². The molecule has 208 valence electrons. The van der Waals surface area contributed by atoms with E-state index in [1.54, 1.807) is 68.4 Å². The first-order valence-corrected chi connectivity index (χ1v) is 14.7. The molecule has 10 heteroatoms. The second-order valence-electron chi connectivity index (χ2n) is 9.75. The van der Waals surface area contributed by atoms with E-state index in [1.807, 2.05) is 20.8 Å². The molecule has 0 aliphatic carbocycles. The molecular formula is C29H33Cl2N3O4S. The minimum absolute atomic E-state index is 0.0437. The van der Waals surface area contributed by atoms with Crippen molar-refractivity contribution in [3.05, 3.63) is 93.5 Å². The van der Waals surface area contributed by atoms with E-state index in [0.717, 1.165) is 9.87 Å². The van der Waals surface area contributed by atoms with Crippen molar-refractivity contribution >= 4 is 50.7 Å². The Morgan fingerprint density at radius 2 is 1.54 bits per heavy atom. The minimum atomic E-state index is -4.16. The van der Waals surface area contributed by atoms with Gasteiger partial charge in [-0.2, -0.15) is 0 Å². The Balaban J connectivity index is 2.07. The number of rotatable bonds is 10. The highest BCUT2D eigenvalue weighted by Gasteiger charge is 2.33. The van der Waals surface area contributed by atoms with Crippen LogP contribution in [0.2, 0.25) is 10.0 Å². The number of carbonyl (C=O) groups excluding carboxylic acids is 2. The summed E-state index contributed by atoms with van der Waals surface area (Å²) in [5.74, 6) is -0.901. The average molecular weight is 591 g/mol. The number of carbonyl (C=O) groups is 2. The van der Waals surface area contributed by atoms with Crippen molar-refractivity contribution in [3.63, 3.8) is 0 Å². The molecule has 0 saturated heterocycles. The van der Waals surface area contributed by atoms with Crippen LogP contribution < -0.4 is 9.62 Å². The van der Waals surface area contributed by atoms with Gasteiger partial charge in [0.25, 0.3) is 10.0 Å². The van der Waals surface area contributed by atoms with E-state index in [9.17, 15) is 18.0 Å². The minimum Gasteiger partial charge on any atom is -0.352 e. The fraction of sp³-hybridized carbons (Fsp3) is 0.310. The molecule has 0 saturated carbocycles. The molecule has 0 radical (unpaired) electrons. The molecule has 2 amide bonds. The molecule has 3 rings (SSSR count). The molecule has 0 unspecified atom stereocenters. The first-order valence-electron chi connectivity index (χ1n) is 12.5. The van der Waals surface area contributed by atoms with Gasteiger partial charge in [0.1, 0.15) is 12.6 Å². The molecular weight excluding hydrogens is 557 g/mol. The summed E-state index contributed by atoms with van der Waals surface area (Å²) in [6, 6.07) is 17.2. The Bertz CT molecular complexity index is 1440. The Morgan fingerprint density at radius 1 is 0.897 bits per heavy atom. The van der Waals surface area contributed by atoms with Crippen molar-refractivity contribution in [2.75, 3.05) is 10.8 Å². The quantitative estimate of drug-likeness (QED) is 0.326. The number of halogens is 2. The zero-order valence-corrected chi connectivity index (χ0v) is 24.9. The molecule has 0 aliphatic heterocycles. The van der Waals surface area contributed by atoms with Gasteiger partial charge in [-0.25, -0.2) is 8.42 Å². The van der Waals surface area contributed by atoms with Gasteiger partial charge in [0.15, 0.2) is 0 Å². The summed E-state index contributed by atoms with van der Waals surface area (Å²) in [6.07, 6.45) is 0. The molecule has 3 aromatic rings. The van der Waals surface area contributed by atoms with Crippen LogP contribution in [0.1, 0.15) is 37.5 Å². The number of nitrogens with one attached hydrogen (secondary N) is 1. The maximum Gasteiger partial charge on any atom is 0.264 e. The molecule has 39 heavy (non-hydrogen) atoms. The Morgan fingerprint density at radius 3 is 2.13 bits per heavy atom. The lowest BCUT2D eigenvalue weighted by Gasteiger charge is -2.32.